The van der Waals surface area contributed by atoms with Gasteiger partial charge in [-0.05, 0) is 38.5 Å². The Bertz CT molecular complexity index is 1150. The number of aromatic nitrogens is 4. The van der Waals surface area contributed by atoms with Gasteiger partial charge < -0.3 is 4.90 Å². The molecule has 0 saturated carbocycles. The smallest absolute Gasteiger partial charge is 0.158 e. The highest BCUT2D eigenvalue weighted by Crippen LogP contribution is 2.41. The molecule has 0 saturated heterocycles. The average molecular weight is 384 g/mol. The van der Waals surface area contributed by atoms with Crippen molar-refractivity contribution in [3.8, 4) is 11.1 Å². The first-order chi connectivity index (χ1) is 13.1. The van der Waals surface area contributed by atoms with E-state index in [0.29, 0.717) is 21.8 Å². The van der Waals surface area contributed by atoms with Crippen LogP contribution in [0.25, 0.3) is 32.9 Å². The first-order valence-electron chi connectivity index (χ1n) is 8.87. The minimum atomic E-state index is -0.440. The maximum absolute atomic E-state index is 15.7. The molecule has 0 aliphatic carbocycles. The van der Waals surface area contributed by atoms with Gasteiger partial charge in [0.05, 0.1) is 16.7 Å². The van der Waals surface area contributed by atoms with Crippen LogP contribution in [0.3, 0.4) is 0 Å². The van der Waals surface area contributed by atoms with Gasteiger partial charge in [-0.15, -0.1) is 0 Å². The Balaban J connectivity index is 2.07. The highest BCUT2D eigenvalue weighted by Gasteiger charge is 2.22. The van der Waals surface area contributed by atoms with Crippen molar-refractivity contribution in [2.75, 3.05) is 18.0 Å². The molecule has 0 spiro atoms. The van der Waals surface area contributed by atoms with Gasteiger partial charge >= 0.3 is 0 Å². The Hall–Kier alpha value is -2.73. The maximum atomic E-state index is 15.7. The van der Waals surface area contributed by atoms with Crippen molar-refractivity contribution >= 4 is 39.2 Å². The number of rotatable bonds is 4. The molecule has 2 heterocycles. The van der Waals surface area contributed by atoms with Gasteiger partial charge in [0.15, 0.2) is 5.82 Å². The van der Waals surface area contributed by atoms with Crippen LogP contribution in [-0.4, -0.2) is 33.3 Å². The van der Waals surface area contributed by atoms with Gasteiger partial charge in [-0.25, -0.2) is 14.4 Å². The van der Waals surface area contributed by atoms with Gasteiger partial charge in [0.25, 0.3) is 0 Å². The second-order valence-electron chi connectivity index (χ2n) is 6.40. The molecular formula is C20H19ClFN5. The molecule has 2 aromatic carbocycles. The zero-order valence-electron chi connectivity index (χ0n) is 15.3. The van der Waals surface area contributed by atoms with Crippen LogP contribution in [-0.2, 0) is 0 Å². The van der Waals surface area contributed by atoms with E-state index in [2.05, 4.69) is 25.1 Å². The van der Waals surface area contributed by atoms with E-state index in [0.717, 1.165) is 35.1 Å². The summed E-state index contributed by atoms with van der Waals surface area (Å²) < 4.78 is 15.7. The molecule has 1 N–H and O–H groups in total. The number of halogens is 2. The molecule has 4 rings (SSSR count). The van der Waals surface area contributed by atoms with Gasteiger partial charge in [0.2, 0.25) is 0 Å². The number of hydrogen-bond donors (Lipinski definition) is 1. The summed E-state index contributed by atoms with van der Waals surface area (Å²) >= 11 is 6.60. The third-order valence-electron chi connectivity index (χ3n) is 4.95. The molecule has 0 aliphatic heterocycles. The Labute approximate surface area is 161 Å². The molecule has 7 heteroatoms. The van der Waals surface area contributed by atoms with Crippen molar-refractivity contribution in [1.29, 1.82) is 0 Å². The molecule has 0 unspecified atom stereocenters. The van der Waals surface area contributed by atoms with Crippen LogP contribution in [0.2, 0.25) is 5.02 Å². The van der Waals surface area contributed by atoms with E-state index in [1.165, 1.54) is 6.33 Å². The Morgan fingerprint density at radius 2 is 1.89 bits per heavy atom. The van der Waals surface area contributed by atoms with E-state index in [1.54, 1.807) is 12.3 Å². The van der Waals surface area contributed by atoms with Crippen molar-refractivity contribution in [3.63, 3.8) is 0 Å². The molecule has 27 heavy (non-hydrogen) atoms. The largest absolute Gasteiger partial charge is 0.357 e. The maximum Gasteiger partial charge on any atom is 0.158 e. The molecule has 4 aromatic rings. The van der Waals surface area contributed by atoms with E-state index in [9.17, 15) is 0 Å². The van der Waals surface area contributed by atoms with E-state index in [4.69, 9.17) is 11.6 Å². The third-order valence-corrected chi connectivity index (χ3v) is 5.24. The SMILES string of the molecule is CCN(CC)c1ncnc2c(F)c(-c3c(C)ccc4[nH]ncc34)c(Cl)cc12. The third kappa shape index (κ3) is 2.72. The molecule has 5 nitrogen and oxygen atoms in total. The number of hydrogen-bond acceptors (Lipinski definition) is 4. The fourth-order valence-electron chi connectivity index (χ4n) is 3.58. The minimum absolute atomic E-state index is 0.270. The van der Waals surface area contributed by atoms with Crippen LogP contribution in [0.5, 0.6) is 0 Å². The number of nitrogens with zero attached hydrogens (tertiary/aromatic N) is 4. The molecule has 0 radical (unpaired) electrons. The fourth-order valence-corrected chi connectivity index (χ4v) is 3.87. The second-order valence-corrected chi connectivity index (χ2v) is 6.81. The minimum Gasteiger partial charge on any atom is -0.357 e. The summed E-state index contributed by atoms with van der Waals surface area (Å²) in [4.78, 5) is 10.6. The summed E-state index contributed by atoms with van der Waals surface area (Å²) in [6.45, 7) is 7.52. The Morgan fingerprint density at radius 3 is 2.63 bits per heavy atom. The van der Waals surface area contributed by atoms with Gasteiger partial charge in [-0.3, -0.25) is 5.10 Å². The van der Waals surface area contributed by atoms with Crippen molar-refractivity contribution in [2.45, 2.75) is 20.8 Å². The van der Waals surface area contributed by atoms with Gasteiger partial charge in [0.1, 0.15) is 17.7 Å². The molecular weight excluding hydrogens is 365 g/mol. The van der Waals surface area contributed by atoms with Crippen LogP contribution in [0.15, 0.2) is 30.7 Å². The summed E-state index contributed by atoms with van der Waals surface area (Å²) in [5.41, 5.74) is 3.09. The van der Waals surface area contributed by atoms with E-state index < -0.39 is 5.82 Å². The van der Waals surface area contributed by atoms with Crippen LogP contribution >= 0.6 is 11.6 Å². The second kappa shape index (κ2) is 6.78. The number of nitrogens with one attached hydrogen (secondary N) is 1. The lowest BCUT2D eigenvalue weighted by Crippen LogP contribution is -2.23. The van der Waals surface area contributed by atoms with Gasteiger partial charge in [-0.1, -0.05) is 17.7 Å². The zero-order chi connectivity index (χ0) is 19.1. The lowest BCUT2D eigenvalue weighted by molar-refractivity contribution is 0.640. The van der Waals surface area contributed by atoms with Crippen molar-refractivity contribution in [3.05, 3.63) is 47.1 Å². The van der Waals surface area contributed by atoms with Crippen molar-refractivity contribution in [1.82, 2.24) is 20.2 Å². The molecule has 2 aromatic heterocycles. The number of benzene rings is 2. The highest BCUT2D eigenvalue weighted by atomic mass is 35.5. The molecule has 0 fully saturated rings. The van der Waals surface area contributed by atoms with Gasteiger partial charge in [0, 0.05) is 35.0 Å². The van der Waals surface area contributed by atoms with E-state index >= 15 is 4.39 Å². The topological polar surface area (TPSA) is 57.7 Å². The molecule has 0 amide bonds. The van der Waals surface area contributed by atoms with E-state index in [-0.39, 0.29) is 5.52 Å². The Morgan fingerprint density at radius 1 is 1.11 bits per heavy atom. The van der Waals surface area contributed by atoms with Crippen LogP contribution in [0.1, 0.15) is 19.4 Å². The zero-order valence-corrected chi connectivity index (χ0v) is 16.1. The first-order valence-corrected chi connectivity index (χ1v) is 9.25. The number of aryl methyl sites for hydroxylation is 1. The number of anilines is 1. The van der Waals surface area contributed by atoms with Crippen LogP contribution < -0.4 is 4.90 Å². The van der Waals surface area contributed by atoms with E-state index in [1.807, 2.05) is 32.9 Å². The molecule has 0 aliphatic rings. The lowest BCUT2D eigenvalue weighted by atomic mass is 9.95. The normalized spacial score (nSPS) is 11.4. The number of aromatic amines is 1. The summed E-state index contributed by atoms with van der Waals surface area (Å²) in [5, 5.41) is 8.79. The summed E-state index contributed by atoms with van der Waals surface area (Å²) in [6.07, 6.45) is 3.10. The monoisotopic (exact) mass is 383 g/mol. The van der Waals surface area contributed by atoms with Crippen molar-refractivity contribution in [2.24, 2.45) is 0 Å². The molecule has 138 valence electrons. The summed E-state index contributed by atoms with van der Waals surface area (Å²) in [7, 11) is 0. The predicted molar refractivity (Wildman–Crippen MR) is 108 cm³/mol. The predicted octanol–water partition coefficient (Wildman–Crippen LogP) is 5.12. The van der Waals surface area contributed by atoms with Crippen LogP contribution in [0, 0.1) is 12.7 Å². The summed E-state index contributed by atoms with van der Waals surface area (Å²) in [6, 6.07) is 5.62. The first kappa shape index (κ1) is 17.7. The number of H-pyrrole nitrogens is 1. The lowest BCUT2D eigenvalue weighted by Gasteiger charge is -2.22. The highest BCUT2D eigenvalue weighted by molar-refractivity contribution is 6.35. The van der Waals surface area contributed by atoms with Crippen LogP contribution in [0.4, 0.5) is 10.2 Å². The number of fused-ring (bicyclic) bond motifs is 2. The van der Waals surface area contributed by atoms with Crippen molar-refractivity contribution < 1.29 is 4.39 Å². The average Bonchev–Trinajstić information content (AvgIpc) is 3.13. The Kier molecular flexibility index (Phi) is 4.44. The fraction of sp³-hybridized carbons (Fsp3) is 0.250. The standard InChI is InChI=1S/C20H19ClFN5/c1-4-27(5-2)20-12-8-14(21)17(18(22)19(12)23-10-24-20)16-11(3)6-7-15-13(16)9-25-26-15/h6-10H,4-5H2,1-3H3,(H,25,26). The molecule has 0 bridgehead atoms. The summed E-state index contributed by atoms with van der Waals surface area (Å²) in [5.74, 6) is 0.251. The molecule has 0 atom stereocenters. The van der Waals surface area contributed by atoms with Gasteiger partial charge in [-0.2, -0.15) is 5.10 Å². The quantitative estimate of drug-likeness (QED) is 0.531.